The second-order valence-corrected chi connectivity index (χ2v) is 4.32. The third kappa shape index (κ3) is 2.28. The monoisotopic (exact) mass is 272 g/mol. The number of rotatable bonds is 2. The Hall–Kier alpha value is -2.40. The lowest BCUT2D eigenvalue weighted by atomic mass is 10.2. The predicted octanol–water partition coefficient (Wildman–Crippen LogP) is 2.86. The Labute approximate surface area is 113 Å². The van der Waals surface area contributed by atoms with Crippen LogP contribution in [0.1, 0.15) is 10.4 Å². The number of hydrogen-bond acceptors (Lipinski definition) is 3. The van der Waals surface area contributed by atoms with Gasteiger partial charge in [-0.3, -0.25) is 15.1 Å². The fourth-order valence-electron chi connectivity index (χ4n) is 1.75. The van der Waals surface area contributed by atoms with E-state index in [1.807, 2.05) is 24.3 Å². The van der Waals surface area contributed by atoms with E-state index in [0.29, 0.717) is 16.5 Å². The molecule has 5 nitrogen and oxygen atoms in total. The summed E-state index contributed by atoms with van der Waals surface area (Å²) in [4.78, 5) is 23.1. The molecule has 2 N–H and O–H groups in total. The van der Waals surface area contributed by atoms with Crippen LogP contribution in [-0.2, 0) is 0 Å². The summed E-state index contributed by atoms with van der Waals surface area (Å²) in [5, 5.41) is 2.97. The number of carbonyl (C=O) groups excluding carboxylic acids is 1. The van der Waals surface area contributed by atoms with Gasteiger partial charge in [0.15, 0.2) is 0 Å². The highest BCUT2D eigenvalue weighted by molar-refractivity contribution is 6.34. The molecule has 0 spiro atoms. The van der Waals surface area contributed by atoms with Gasteiger partial charge in [-0.25, -0.2) is 4.98 Å². The lowest BCUT2D eigenvalue weighted by molar-refractivity contribution is 0.102. The molecule has 0 aliphatic rings. The van der Waals surface area contributed by atoms with Crippen LogP contribution in [-0.4, -0.2) is 20.9 Å². The number of amides is 1. The number of anilines is 1. The smallest absolute Gasteiger partial charge is 0.259 e. The molecule has 0 aliphatic carbocycles. The van der Waals surface area contributed by atoms with Gasteiger partial charge in [0.05, 0.1) is 21.6 Å². The minimum atomic E-state index is -0.327. The van der Waals surface area contributed by atoms with E-state index >= 15 is 0 Å². The summed E-state index contributed by atoms with van der Waals surface area (Å²) in [6.45, 7) is 0. The topological polar surface area (TPSA) is 70.7 Å². The van der Waals surface area contributed by atoms with Crippen molar-refractivity contribution in [2.75, 3.05) is 5.32 Å². The van der Waals surface area contributed by atoms with Crippen LogP contribution in [0.2, 0.25) is 5.02 Å². The number of aromatic nitrogens is 3. The number of fused-ring (bicyclic) bond motifs is 1. The number of imidazole rings is 1. The van der Waals surface area contributed by atoms with Crippen molar-refractivity contribution in [2.45, 2.75) is 0 Å². The molecule has 0 saturated heterocycles. The first kappa shape index (κ1) is 11.7. The van der Waals surface area contributed by atoms with Crippen molar-refractivity contribution >= 4 is 34.5 Å². The van der Waals surface area contributed by atoms with Crippen LogP contribution in [0, 0.1) is 0 Å². The van der Waals surface area contributed by atoms with Gasteiger partial charge in [-0.2, -0.15) is 0 Å². The number of aromatic amines is 1. The quantitative estimate of drug-likeness (QED) is 0.753. The summed E-state index contributed by atoms with van der Waals surface area (Å²) in [5.41, 5.74) is 2.01. The first-order valence-corrected chi connectivity index (χ1v) is 5.97. The first-order valence-electron chi connectivity index (χ1n) is 5.59. The molecule has 0 unspecified atom stereocenters. The van der Waals surface area contributed by atoms with Crippen molar-refractivity contribution in [3.63, 3.8) is 0 Å². The highest BCUT2D eigenvalue weighted by Gasteiger charge is 2.12. The van der Waals surface area contributed by atoms with E-state index in [1.54, 1.807) is 6.07 Å². The molecule has 0 aliphatic heterocycles. The summed E-state index contributed by atoms with van der Waals surface area (Å²) in [6.07, 6.45) is 2.94. The van der Waals surface area contributed by atoms with E-state index < -0.39 is 0 Å². The molecule has 3 rings (SSSR count). The van der Waals surface area contributed by atoms with E-state index in [1.165, 1.54) is 12.4 Å². The maximum atomic E-state index is 12.0. The van der Waals surface area contributed by atoms with Gasteiger partial charge < -0.3 is 4.98 Å². The van der Waals surface area contributed by atoms with Crippen molar-refractivity contribution in [1.29, 1.82) is 0 Å². The zero-order chi connectivity index (χ0) is 13.2. The number of halogens is 1. The van der Waals surface area contributed by atoms with Crippen molar-refractivity contribution < 1.29 is 4.79 Å². The molecule has 0 radical (unpaired) electrons. The molecule has 0 fully saturated rings. The van der Waals surface area contributed by atoms with Crippen LogP contribution in [0.5, 0.6) is 0 Å². The van der Waals surface area contributed by atoms with Gasteiger partial charge in [-0.1, -0.05) is 23.7 Å². The molecule has 1 aromatic carbocycles. The molecule has 2 aromatic heterocycles. The standard InChI is InChI=1S/C13H9ClN4O/c14-9-7-15-6-5-8(9)12(19)18-13-16-10-3-1-2-4-11(10)17-13/h1-7H,(H2,16,17,18,19). The maximum absolute atomic E-state index is 12.0. The van der Waals surface area contributed by atoms with Crippen LogP contribution < -0.4 is 5.32 Å². The number of para-hydroxylation sites is 2. The average molecular weight is 273 g/mol. The Morgan fingerprint density at radius 3 is 2.89 bits per heavy atom. The largest absolute Gasteiger partial charge is 0.324 e. The number of nitrogens with zero attached hydrogens (tertiary/aromatic N) is 2. The zero-order valence-corrected chi connectivity index (χ0v) is 10.5. The Morgan fingerprint density at radius 2 is 2.11 bits per heavy atom. The molecule has 1 amide bonds. The number of carbonyl (C=O) groups is 1. The molecule has 19 heavy (non-hydrogen) atoms. The van der Waals surface area contributed by atoms with E-state index in [0.717, 1.165) is 11.0 Å². The fourth-order valence-corrected chi connectivity index (χ4v) is 1.95. The number of H-pyrrole nitrogens is 1. The van der Waals surface area contributed by atoms with Gasteiger partial charge in [-0.05, 0) is 18.2 Å². The minimum Gasteiger partial charge on any atom is -0.324 e. The lowest BCUT2D eigenvalue weighted by Crippen LogP contribution is -2.13. The van der Waals surface area contributed by atoms with Gasteiger partial charge in [-0.15, -0.1) is 0 Å². The van der Waals surface area contributed by atoms with E-state index in [9.17, 15) is 4.79 Å². The van der Waals surface area contributed by atoms with Crippen LogP contribution in [0.25, 0.3) is 11.0 Å². The van der Waals surface area contributed by atoms with E-state index in [2.05, 4.69) is 20.3 Å². The second kappa shape index (κ2) is 4.70. The summed E-state index contributed by atoms with van der Waals surface area (Å²) < 4.78 is 0. The third-order valence-electron chi connectivity index (χ3n) is 2.64. The summed E-state index contributed by atoms with van der Waals surface area (Å²) in [5.74, 6) is 0.0607. The van der Waals surface area contributed by atoms with Crippen LogP contribution >= 0.6 is 11.6 Å². The highest BCUT2D eigenvalue weighted by Crippen LogP contribution is 2.17. The molecule has 0 saturated carbocycles. The molecule has 6 heteroatoms. The van der Waals surface area contributed by atoms with Crippen molar-refractivity contribution in [1.82, 2.24) is 15.0 Å². The third-order valence-corrected chi connectivity index (χ3v) is 2.94. The summed E-state index contributed by atoms with van der Waals surface area (Å²) in [6, 6.07) is 9.08. The van der Waals surface area contributed by atoms with Crippen LogP contribution in [0.3, 0.4) is 0 Å². The Balaban J connectivity index is 1.89. The predicted molar refractivity (Wildman–Crippen MR) is 73.3 cm³/mol. The zero-order valence-electron chi connectivity index (χ0n) is 9.72. The lowest BCUT2D eigenvalue weighted by Gasteiger charge is -2.02. The SMILES string of the molecule is O=C(Nc1nc2ccccc2[nH]1)c1ccncc1Cl. The molecule has 3 aromatic rings. The van der Waals surface area contributed by atoms with Crippen molar-refractivity contribution in [3.8, 4) is 0 Å². The van der Waals surface area contributed by atoms with Gasteiger partial charge in [0.2, 0.25) is 5.95 Å². The highest BCUT2D eigenvalue weighted by atomic mass is 35.5. The van der Waals surface area contributed by atoms with Crippen LogP contribution in [0.15, 0.2) is 42.7 Å². The van der Waals surface area contributed by atoms with E-state index in [-0.39, 0.29) is 5.91 Å². The second-order valence-electron chi connectivity index (χ2n) is 3.91. The minimum absolute atomic E-state index is 0.302. The molecule has 94 valence electrons. The summed E-state index contributed by atoms with van der Waals surface area (Å²) >= 11 is 5.91. The molecule has 0 bridgehead atoms. The van der Waals surface area contributed by atoms with Gasteiger partial charge in [0, 0.05) is 12.4 Å². The maximum Gasteiger partial charge on any atom is 0.259 e. The molecular weight excluding hydrogens is 264 g/mol. The normalized spacial score (nSPS) is 10.6. The number of pyridine rings is 1. The molecule has 2 heterocycles. The molecular formula is C13H9ClN4O. The molecule has 0 atom stereocenters. The Morgan fingerprint density at radius 1 is 1.26 bits per heavy atom. The Kier molecular flexibility index (Phi) is 2.89. The van der Waals surface area contributed by atoms with Crippen molar-refractivity contribution in [2.24, 2.45) is 0 Å². The van der Waals surface area contributed by atoms with Crippen LogP contribution in [0.4, 0.5) is 5.95 Å². The number of hydrogen-bond donors (Lipinski definition) is 2. The summed E-state index contributed by atoms with van der Waals surface area (Å²) in [7, 11) is 0. The Bertz CT molecular complexity index is 720. The van der Waals surface area contributed by atoms with E-state index in [4.69, 9.17) is 11.6 Å². The average Bonchev–Trinajstić information content (AvgIpc) is 2.81. The fraction of sp³-hybridized carbons (Fsp3) is 0. The number of nitrogens with one attached hydrogen (secondary N) is 2. The van der Waals surface area contributed by atoms with Crippen molar-refractivity contribution in [3.05, 3.63) is 53.3 Å². The van der Waals surface area contributed by atoms with Gasteiger partial charge in [0.25, 0.3) is 5.91 Å². The number of benzene rings is 1. The first-order chi connectivity index (χ1) is 9.24. The van der Waals surface area contributed by atoms with Gasteiger partial charge in [0.1, 0.15) is 0 Å². The van der Waals surface area contributed by atoms with Gasteiger partial charge >= 0.3 is 0 Å².